The molecule has 0 N–H and O–H groups in total. The molecule has 0 radical (unpaired) electrons. The monoisotopic (exact) mass is 367 g/mol. The third kappa shape index (κ3) is 4.95. The minimum absolute atomic E-state index is 0.0590. The normalized spacial score (nSPS) is 10.7. The summed E-state index contributed by atoms with van der Waals surface area (Å²) in [6, 6.07) is 18.0. The molecule has 0 bridgehead atoms. The standard InChI is InChI=1S/C20H21N3O2S/c1-15-7-6-8-16(13-15)20-21-18(25-22-20)14-23(2)19(24)11-12-26-17-9-4-3-5-10-17/h3-10,13H,11-12,14H2,1-2H3. The number of nitrogens with zero attached hydrogens (tertiary/aromatic N) is 3. The molecule has 3 rings (SSSR count). The van der Waals surface area contributed by atoms with Gasteiger partial charge in [-0.05, 0) is 25.1 Å². The highest BCUT2D eigenvalue weighted by Gasteiger charge is 2.14. The summed E-state index contributed by atoms with van der Waals surface area (Å²) in [4.78, 5) is 19.5. The molecular formula is C20H21N3O2S. The molecule has 0 saturated carbocycles. The number of aryl methyl sites for hydroxylation is 1. The topological polar surface area (TPSA) is 59.2 Å². The number of hydrogen-bond acceptors (Lipinski definition) is 5. The van der Waals surface area contributed by atoms with Crippen LogP contribution in [-0.4, -0.2) is 33.7 Å². The zero-order valence-corrected chi connectivity index (χ0v) is 15.7. The van der Waals surface area contributed by atoms with Crippen LogP contribution in [0.4, 0.5) is 0 Å². The maximum absolute atomic E-state index is 12.3. The lowest BCUT2D eigenvalue weighted by Gasteiger charge is -2.14. The van der Waals surface area contributed by atoms with Crippen LogP contribution >= 0.6 is 11.8 Å². The van der Waals surface area contributed by atoms with Gasteiger partial charge in [-0.25, -0.2) is 0 Å². The van der Waals surface area contributed by atoms with Gasteiger partial charge in [-0.15, -0.1) is 11.8 Å². The van der Waals surface area contributed by atoms with Gasteiger partial charge in [0.2, 0.25) is 17.6 Å². The van der Waals surface area contributed by atoms with Crippen molar-refractivity contribution < 1.29 is 9.32 Å². The maximum atomic E-state index is 12.3. The molecular weight excluding hydrogens is 346 g/mol. The summed E-state index contributed by atoms with van der Waals surface area (Å²) in [6.07, 6.45) is 0.467. The molecule has 2 aromatic carbocycles. The van der Waals surface area contributed by atoms with Crippen molar-refractivity contribution in [3.05, 3.63) is 66.1 Å². The lowest BCUT2D eigenvalue weighted by Crippen LogP contribution is -2.26. The van der Waals surface area contributed by atoms with E-state index in [0.717, 1.165) is 16.9 Å². The number of thioether (sulfide) groups is 1. The molecule has 0 aliphatic heterocycles. The van der Waals surface area contributed by atoms with Crippen molar-refractivity contribution in [2.75, 3.05) is 12.8 Å². The number of rotatable bonds is 7. The van der Waals surface area contributed by atoms with Crippen molar-refractivity contribution in [1.29, 1.82) is 0 Å². The van der Waals surface area contributed by atoms with E-state index in [0.29, 0.717) is 24.7 Å². The van der Waals surface area contributed by atoms with E-state index < -0.39 is 0 Å². The zero-order chi connectivity index (χ0) is 18.4. The molecule has 134 valence electrons. The first kappa shape index (κ1) is 18.2. The molecule has 0 fully saturated rings. The minimum atomic E-state index is 0.0590. The van der Waals surface area contributed by atoms with Gasteiger partial charge in [0.15, 0.2) is 0 Å². The van der Waals surface area contributed by atoms with Crippen LogP contribution in [0.15, 0.2) is 64.0 Å². The third-order valence-electron chi connectivity index (χ3n) is 3.87. The molecule has 0 atom stereocenters. The Bertz CT molecular complexity index is 864. The van der Waals surface area contributed by atoms with Crippen molar-refractivity contribution >= 4 is 17.7 Å². The smallest absolute Gasteiger partial charge is 0.246 e. The fraction of sp³-hybridized carbons (Fsp3) is 0.250. The summed E-state index contributed by atoms with van der Waals surface area (Å²) >= 11 is 1.68. The van der Waals surface area contributed by atoms with E-state index in [9.17, 15) is 4.79 Å². The number of carbonyl (C=O) groups is 1. The molecule has 1 heterocycles. The van der Waals surface area contributed by atoms with E-state index in [4.69, 9.17) is 4.52 Å². The molecule has 1 amide bonds. The molecule has 5 nitrogen and oxygen atoms in total. The first-order valence-corrected chi connectivity index (χ1v) is 9.42. The van der Waals surface area contributed by atoms with Gasteiger partial charge >= 0.3 is 0 Å². The van der Waals surface area contributed by atoms with E-state index in [2.05, 4.69) is 10.1 Å². The molecule has 3 aromatic rings. The SMILES string of the molecule is Cc1cccc(-c2noc(CN(C)C(=O)CCSc3ccccc3)n2)c1. The second-order valence-electron chi connectivity index (χ2n) is 6.04. The van der Waals surface area contributed by atoms with E-state index in [-0.39, 0.29) is 5.91 Å². The predicted molar refractivity (Wildman–Crippen MR) is 103 cm³/mol. The Morgan fingerprint density at radius 3 is 2.73 bits per heavy atom. The van der Waals surface area contributed by atoms with Gasteiger partial charge in [0.1, 0.15) is 0 Å². The zero-order valence-electron chi connectivity index (χ0n) is 14.9. The first-order chi connectivity index (χ1) is 12.6. The van der Waals surface area contributed by atoms with Crippen molar-refractivity contribution in [2.45, 2.75) is 24.8 Å². The van der Waals surface area contributed by atoms with Crippen molar-refractivity contribution in [3.8, 4) is 11.4 Å². The maximum Gasteiger partial charge on any atom is 0.246 e. The van der Waals surface area contributed by atoms with Crippen molar-refractivity contribution in [2.24, 2.45) is 0 Å². The highest BCUT2D eigenvalue weighted by Crippen LogP contribution is 2.19. The summed E-state index contributed by atoms with van der Waals surface area (Å²) in [7, 11) is 1.76. The van der Waals surface area contributed by atoms with Gasteiger partial charge in [-0.1, -0.05) is 47.1 Å². The predicted octanol–water partition coefficient (Wildman–Crippen LogP) is 4.19. The molecule has 26 heavy (non-hydrogen) atoms. The Morgan fingerprint density at radius 1 is 1.15 bits per heavy atom. The van der Waals surface area contributed by atoms with E-state index in [1.54, 1.807) is 23.7 Å². The van der Waals surface area contributed by atoms with E-state index in [1.807, 2.05) is 61.5 Å². The van der Waals surface area contributed by atoms with Gasteiger partial charge < -0.3 is 9.42 Å². The molecule has 1 aromatic heterocycles. The average Bonchev–Trinajstić information content (AvgIpc) is 3.11. The highest BCUT2D eigenvalue weighted by molar-refractivity contribution is 7.99. The lowest BCUT2D eigenvalue weighted by atomic mass is 10.1. The summed E-state index contributed by atoms with van der Waals surface area (Å²) in [5.41, 5.74) is 2.05. The van der Waals surface area contributed by atoms with Crippen molar-refractivity contribution in [3.63, 3.8) is 0 Å². The van der Waals surface area contributed by atoms with Crippen LogP contribution in [0.1, 0.15) is 17.9 Å². The Hall–Kier alpha value is -2.60. The Labute approximate surface area is 157 Å². The molecule has 0 aliphatic carbocycles. The first-order valence-electron chi connectivity index (χ1n) is 8.43. The van der Waals surface area contributed by atoms with Gasteiger partial charge in [0.05, 0.1) is 6.54 Å². The average molecular weight is 367 g/mol. The van der Waals surface area contributed by atoms with E-state index in [1.165, 1.54) is 4.90 Å². The molecule has 6 heteroatoms. The number of amides is 1. The van der Waals surface area contributed by atoms with Crippen LogP contribution in [0.5, 0.6) is 0 Å². The van der Waals surface area contributed by atoms with Crippen LogP contribution in [0.3, 0.4) is 0 Å². The van der Waals surface area contributed by atoms with Crippen LogP contribution < -0.4 is 0 Å². The van der Waals surface area contributed by atoms with Crippen LogP contribution in [0, 0.1) is 6.92 Å². The van der Waals surface area contributed by atoms with Gasteiger partial charge in [0, 0.05) is 29.7 Å². The number of carbonyl (C=O) groups excluding carboxylic acids is 1. The second-order valence-corrected chi connectivity index (χ2v) is 7.21. The molecule has 0 saturated heterocycles. The third-order valence-corrected chi connectivity index (χ3v) is 4.88. The van der Waals surface area contributed by atoms with Crippen LogP contribution in [-0.2, 0) is 11.3 Å². The lowest BCUT2D eigenvalue weighted by molar-refractivity contribution is -0.130. The fourth-order valence-electron chi connectivity index (χ4n) is 2.48. The molecule has 0 unspecified atom stereocenters. The quantitative estimate of drug-likeness (QED) is 0.586. The minimum Gasteiger partial charge on any atom is -0.337 e. The Morgan fingerprint density at radius 2 is 1.96 bits per heavy atom. The summed E-state index contributed by atoms with van der Waals surface area (Å²) in [6.45, 7) is 2.33. The molecule has 0 aliphatic rings. The Kier molecular flexibility index (Phi) is 6.07. The molecule has 0 spiro atoms. The summed E-state index contributed by atoms with van der Waals surface area (Å²) in [5.74, 6) is 1.78. The van der Waals surface area contributed by atoms with Crippen molar-refractivity contribution in [1.82, 2.24) is 15.0 Å². The summed E-state index contributed by atoms with van der Waals surface area (Å²) in [5, 5.41) is 4.01. The number of aromatic nitrogens is 2. The fourth-order valence-corrected chi connectivity index (χ4v) is 3.34. The van der Waals surface area contributed by atoms with Crippen LogP contribution in [0.25, 0.3) is 11.4 Å². The highest BCUT2D eigenvalue weighted by atomic mass is 32.2. The van der Waals surface area contributed by atoms with E-state index >= 15 is 0 Å². The summed E-state index contributed by atoms with van der Waals surface area (Å²) < 4.78 is 5.29. The van der Waals surface area contributed by atoms with Gasteiger partial charge in [-0.2, -0.15) is 4.98 Å². The second kappa shape index (κ2) is 8.67. The Balaban J connectivity index is 1.51. The number of benzene rings is 2. The largest absolute Gasteiger partial charge is 0.337 e. The van der Waals surface area contributed by atoms with Gasteiger partial charge in [0.25, 0.3) is 0 Å². The van der Waals surface area contributed by atoms with Crippen LogP contribution in [0.2, 0.25) is 0 Å². The number of hydrogen-bond donors (Lipinski definition) is 0. The van der Waals surface area contributed by atoms with Gasteiger partial charge in [-0.3, -0.25) is 4.79 Å².